The zero-order chi connectivity index (χ0) is 19.7. The van der Waals surface area contributed by atoms with Crippen molar-refractivity contribution in [1.82, 2.24) is 9.80 Å². The first-order valence-corrected chi connectivity index (χ1v) is 9.19. The minimum Gasteiger partial charge on any atom is -0.507 e. The number of hydrogen-bond acceptors (Lipinski definition) is 5. The van der Waals surface area contributed by atoms with Crippen molar-refractivity contribution >= 4 is 0 Å². The van der Waals surface area contributed by atoms with Gasteiger partial charge in [0.25, 0.3) is 0 Å². The van der Waals surface area contributed by atoms with Crippen LogP contribution in [0.1, 0.15) is 24.0 Å². The third-order valence-electron chi connectivity index (χ3n) is 5.11. The molecule has 0 bridgehead atoms. The van der Waals surface area contributed by atoms with Gasteiger partial charge in [-0.05, 0) is 44.6 Å². The molecule has 2 heterocycles. The van der Waals surface area contributed by atoms with Gasteiger partial charge in [-0.2, -0.15) is 13.2 Å². The molecular formula is C19H27F3N2O3. The first kappa shape index (κ1) is 20.4. The second-order valence-corrected chi connectivity index (χ2v) is 7.84. The minimum absolute atomic E-state index is 0.147. The van der Waals surface area contributed by atoms with Crippen LogP contribution in [0.25, 0.3) is 0 Å². The standard InChI is InChI=1S/C19H27F3N2O3/c1-23(2)11-15-5-6-18(27-15)12-24(7-8-26-13-18)10-14-3-4-17(25)16(9-14)19(20,21)22/h3-4,9,15,25H,5-8,10-13H2,1-2H3/t15-,18+/m0/s1. The molecule has 2 atom stereocenters. The Kier molecular flexibility index (Phi) is 6.00. The smallest absolute Gasteiger partial charge is 0.419 e. The van der Waals surface area contributed by atoms with Crippen LogP contribution in [-0.2, 0) is 22.2 Å². The number of halogens is 3. The van der Waals surface area contributed by atoms with E-state index in [9.17, 15) is 18.3 Å². The lowest BCUT2D eigenvalue weighted by atomic mass is 9.99. The molecule has 2 aliphatic rings. The van der Waals surface area contributed by atoms with Gasteiger partial charge in [0.2, 0.25) is 0 Å². The Morgan fingerprint density at radius 3 is 2.81 bits per heavy atom. The van der Waals surface area contributed by atoms with E-state index >= 15 is 0 Å². The first-order chi connectivity index (χ1) is 12.7. The summed E-state index contributed by atoms with van der Waals surface area (Å²) >= 11 is 0. The van der Waals surface area contributed by atoms with E-state index in [0.717, 1.165) is 31.5 Å². The zero-order valence-electron chi connectivity index (χ0n) is 15.8. The topological polar surface area (TPSA) is 45.2 Å². The first-order valence-electron chi connectivity index (χ1n) is 9.19. The summed E-state index contributed by atoms with van der Waals surface area (Å²) in [5.74, 6) is -0.743. The van der Waals surface area contributed by atoms with Gasteiger partial charge in [-0.15, -0.1) is 0 Å². The van der Waals surface area contributed by atoms with Crippen molar-refractivity contribution in [3.63, 3.8) is 0 Å². The normalized spacial score (nSPS) is 27.4. The molecule has 152 valence electrons. The number of likely N-dealkylation sites (N-methyl/N-ethyl adjacent to an activating group) is 1. The summed E-state index contributed by atoms with van der Waals surface area (Å²) in [5, 5.41) is 9.51. The molecule has 2 saturated heterocycles. The second-order valence-electron chi connectivity index (χ2n) is 7.84. The maximum Gasteiger partial charge on any atom is 0.419 e. The molecule has 0 aliphatic carbocycles. The van der Waals surface area contributed by atoms with Crippen molar-refractivity contribution in [3.05, 3.63) is 29.3 Å². The van der Waals surface area contributed by atoms with E-state index in [1.807, 2.05) is 14.1 Å². The molecule has 0 amide bonds. The summed E-state index contributed by atoms with van der Waals surface area (Å²) in [7, 11) is 4.01. The molecule has 2 fully saturated rings. The molecule has 0 unspecified atom stereocenters. The van der Waals surface area contributed by atoms with Crippen LogP contribution in [0.5, 0.6) is 5.75 Å². The van der Waals surface area contributed by atoms with E-state index in [1.54, 1.807) is 0 Å². The van der Waals surface area contributed by atoms with Crippen molar-refractivity contribution < 1.29 is 27.8 Å². The summed E-state index contributed by atoms with van der Waals surface area (Å²) in [6.07, 6.45) is -2.59. The minimum atomic E-state index is -4.57. The molecule has 1 aromatic rings. The van der Waals surface area contributed by atoms with Crippen LogP contribution in [-0.4, -0.2) is 73.6 Å². The van der Waals surface area contributed by atoms with Crippen LogP contribution in [0, 0.1) is 0 Å². The molecule has 0 radical (unpaired) electrons. The van der Waals surface area contributed by atoms with Crippen molar-refractivity contribution in [3.8, 4) is 5.75 Å². The predicted molar refractivity (Wildman–Crippen MR) is 94.6 cm³/mol. The molecule has 1 aromatic carbocycles. The fourth-order valence-electron chi connectivity index (χ4n) is 3.94. The number of ether oxygens (including phenoxy) is 2. The van der Waals surface area contributed by atoms with Crippen molar-refractivity contribution in [1.29, 1.82) is 0 Å². The number of rotatable bonds is 4. The molecule has 1 spiro atoms. The SMILES string of the molecule is CN(C)C[C@@H]1CC[C@@]2(COCCN(Cc3ccc(O)c(C(F)(F)F)c3)C2)O1. The maximum atomic E-state index is 13.0. The highest BCUT2D eigenvalue weighted by Gasteiger charge is 2.43. The molecule has 0 aromatic heterocycles. The molecule has 2 aliphatic heterocycles. The Bertz CT molecular complexity index is 654. The predicted octanol–water partition coefficient (Wildman–Crippen LogP) is 2.72. The van der Waals surface area contributed by atoms with E-state index in [0.29, 0.717) is 38.4 Å². The maximum absolute atomic E-state index is 13.0. The van der Waals surface area contributed by atoms with Gasteiger partial charge in [0.15, 0.2) is 0 Å². The van der Waals surface area contributed by atoms with Crippen molar-refractivity contribution in [2.75, 3.05) is 46.9 Å². The molecule has 8 heteroatoms. The third-order valence-corrected chi connectivity index (χ3v) is 5.11. The summed E-state index contributed by atoms with van der Waals surface area (Å²) in [4.78, 5) is 4.17. The number of phenolic OH excluding ortho intramolecular Hbond substituents is 1. The monoisotopic (exact) mass is 388 g/mol. The number of aromatic hydroxyl groups is 1. The highest BCUT2D eigenvalue weighted by atomic mass is 19.4. The average Bonchev–Trinajstić information content (AvgIpc) is 2.82. The van der Waals surface area contributed by atoms with E-state index in [2.05, 4.69) is 9.80 Å². The van der Waals surface area contributed by atoms with Crippen LogP contribution in [0.4, 0.5) is 13.2 Å². The fourth-order valence-corrected chi connectivity index (χ4v) is 3.94. The van der Waals surface area contributed by atoms with Crippen molar-refractivity contribution in [2.45, 2.75) is 37.3 Å². The summed E-state index contributed by atoms with van der Waals surface area (Å²) < 4.78 is 51.2. The molecule has 5 nitrogen and oxygen atoms in total. The molecule has 0 saturated carbocycles. The largest absolute Gasteiger partial charge is 0.507 e. The molecular weight excluding hydrogens is 361 g/mol. The lowest BCUT2D eigenvalue weighted by molar-refractivity contribution is -0.138. The van der Waals surface area contributed by atoms with Crippen molar-refractivity contribution in [2.24, 2.45) is 0 Å². The lowest BCUT2D eigenvalue weighted by Gasteiger charge is -2.32. The van der Waals surface area contributed by atoms with E-state index in [1.165, 1.54) is 6.07 Å². The van der Waals surface area contributed by atoms with Crippen LogP contribution in [0.15, 0.2) is 18.2 Å². The van der Waals surface area contributed by atoms with Gasteiger partial charge in [0.05, 0.1) is 24.9 Å². The highest BCUT2D eigenvalue weighted by molar-refractivity contribution is 5.38. The zero-order valence-corrected chi connectivity index (χ0v) is 15.8. The molecule has 27 heavy (non-hydrogen) atoms. The third kappa shape index (κ3) is 5.13. The molecule has 3 rings (SSSR count). The highest BCUT2D eigenvalue weighted by Crippen LogP contribution is 2.37. The Hall–Kier alpha value is -1.35. The number of benzene rings is 1. The van der Waals surface area contributed by atoms with Crippen LogP contribution in [0.2, 0.25) is 0 Å². The average molecular weight is 388 g/mol. The van der Waals surface area contributed by atoms with E-state index < -0.39 is 23.1 Å². The van der Waals surface area contributed by atoms with Gasteiger partial charge in [0, 0.05) is 26.2 Å². The number of hydrogen-bond donors (Lipinski definition) is 1. The van der Waals surface area contributed by atoms with Gasteiger partial charge in [-0.3, -0.25) is 4.90 Å². The Balaban J connectivity index is 1.70. The number of alkyl halides is 3. The summed E-state index contributed by atoms with van der Waals surface area (Å²) in [6.45, 7) is 3.49. The Morgan fingerprint density at radius 2 is 2.11 bits per heavy atom. The van der Waals surface area contributed by atoms with Crippen LogP contribution in [0.3, 0.4) is 0 Å². The second kappa shape index (κ2) is 7.95. The van der Waals surface area contributed by atoms with Crippen LogP contribution >= 0.6 is 0 Å². The Morgan fingerprint density at radius 1 is 1.33 bits per heavy atom. The van der Waals surface area contributed by atoms with Gasteiger partial charge in [-0.25, -0.2) is 0 Å². The molecule has 1 N–H and O–H groups in total. The van der Waals surface area contributed by atoms with E-state index in [4.69, 9.17) is 9.47 Å². The quantitative estimate of drug-likeness (QED) is 0.859. The Labute approximate surface area is 157 Å². The fraction of sp³-hybridized carbons (Fsp3) is 0.684. The van der Waals surface area contributed by atoms with Gasteiger partial charge in [-0.1, -0.05) is 6.07 Å². The number of phenols is 1. The van der Waals surface area contributed by atoms with Crippen LogP contribution < -0.4 is 0 Å². The summed E-state index contributed by atoms with van der Waals surface area (Å²) in [5.41, 5.74) is -0.884. The summed E-state index contributed by atoms with van der Waals surface area (Å²) in [6, 6.07) is 3.67. The van der Waals surface area contributed by atoms with Gasteiger partial charge >= 0.3 is 6.18 Å². The van der Waals surface area contributed by atoms with E-state index in [-0.39, 0.29) is 6.10 Å². The van der Waals surface area contributed by atoms with Gasteiger partial charge < -0.3 is 19.5 Å². The lowest BCUT2D eigenvalue weighted by Crippen LogP contribution is -2.45. The van der Waals surface area contributed by atoms with Gasteiger partial charge in [0.1, 0.15) is 11.4 Å². The number of nitrogens with zero attached hydrogens (tertiary/aromatic N) is 2.